The van der Waals surface area contributed by atoms with Crippen LogP contribution in [-0.2, 0) is 5.54 Å². The highest BCUT2D eigenvalue weighted by Gasteiger charge is 2.28. The fourth-order valence-corrected chi connectivity index (χ4v) is 2.55. The largest absolute Gasteiger partial charge is 0.497 e. The van der Waals surface area contributed by atoms with Crippen LogP contribution in [-0.4, -0.2) is 14.2 Å². The lowest BCUT2D eigenvalue weighted by Gasteiger charge is -2.29. The van der Waals surface area contributed by atoms with Crippen LogP contribution < -0.4 is 15.2 Å². The molecule has 3 heteroatoms. The predicted molar refractivity (Wildman–Crippen MR) is 86.1 cm³/mol. The number of rotatable bonds is 4. The van der Waals surface area contributed by atoms with Gasteiger partial charge in [-0.25, -0.2) is 0 Å². The van der Waals surface area contributed by atoms with E-state index in [-0.39, 0.29) is 0 Å². The van der Waals surface area contributed by atoms with Gasteiger partial charge in [-0.2, -0.15) is 0 Å². The molecule has 0 saturated carbocycles. The molecule has 0 bridgehead atoms. The van der Waals surface area contributed by atoms with Gasteiger partial charge in [-0.3, -0.25) is 0 Å². The lowest BCUT2D eigenvalue weighted by Crippen LogP contribution is -2.35. The third-order valence-corrected chi connectivity index (χ3v) is 4.13. The van der Waals surface area contributed by atoms with Crippen LogP contribution in [0, 0.1) is 13.8 Å². The molecule has 3 nitrogen and oxygen atoms in total. The zero-order valence-electron chi connectivity index (χ0n) is 13.4. The molecule has 0 fully saturated rings. The molecule has 0 spiro atoms. The topological polar surface area (TPSA) is 44.5 Å². The van der Waals surface area contributed by atoms with Crippen molar-refractivity contribution >= 4 is 0 Å². The van der Waals surface area contributed by atoms with Gasteiger partial charge < -0.3 is 15.2 Å². The maximum absolute atomic E-state index is 6.63. The first kappa shape index (κ1) is 15.4. The molecule has 0 aliphatic carbocycles. The molecule has 0 aromatic heterocycles. The molecule has 1 atom stereocenters. The van der Waals surface area contributed by atoms with Crippen LogP contribution in [0.15, 0.2) is 36.4 Å². The van der Waals surface area contributed by atoms with Crippen LogP contribution in [0.4, 0.5) is 0 Å². The van der Waals surface area contributed by atoms with Gasteiger partial charge in [-0.15, -0.1) is 0 Å². The minimum absolute atomic E-state index is 0.629. The SMILES string of the molecule is COc1ccc(C(C)(N)c2ccc(C)c(C)c2OC)cc1. The van der Waals surface area contributed by atoms with Crippen LogP contribution in [0.3, 0.4) is 0 Å². The minimum Gasteiger partial charge on any atom is -0.497 e. The predicted octanol–water partition coefficient (Wildman–Crippen LogP) is 3.54. The number of methoxy groups -OCH3 is 2. The number of hydrogen-bond donors (Lipinski definition) is 1. The van der Waals surface area contributed by atoms with E-state index >= 15 is 0 Å². The smallest absolute Gasteiger partial charge is 0.127 e. The van der Waals surface area contributed by atoms with Gasteiger partial charge in [-0.05, 0) is 49.6 Å². The minimum atomic E-state index is -0.629. The van der Waals surface area contributed by atoms with Crippen molar-refractivity contribution in [2.24, 2.45) is 5.73 Å². The van der Waals surface area contributed by atoms with Crippen LogP contribution in [0.25, 0.3) is 0 Å². The molecular weight excluding hydrogens is 262 g/mol. The molecule has 21 heavy (non-hydrogen) atoms. The first-order chi connectivity index (χ1) is 9.91. The molecule has 0 amide bonds. The maximum Gasteiger partial charge on any atom is 0.127 e. The van der Waals surface area contributed by atoms with E-state index in [1.165, 1.54) is 5.56 Å². The van der Waals surface area contributed by atoms with Crippen LogP contribution >= 0.6 is 0 Å². The summed E-state index contributed by atoms with van der Waals surface area (Å²) < 4.78 is 10.8. The summed E-state index contributed by atoms with van der Waals surface area (Å²) in [5.74, 6) is 1.68. The highest BCUT2D eigenvalue weighted by atomic mass is 16.5. The quantitative estimate of drug-likeness (QED) is 0.934. The van der Waals surface area contributed by atoms with Crippen molar-refractivity contribution in [1.29, 1.82) is 0 Å². The van der Waals surface area contributed by atoms with E-state index in [1.54, 1.807) is 14.2 Å². The Morgan fingerprint density at radius 1 is 0.905 bits per heavy atom. The zero-order valence-corrected chi connectivity index (χ0v) is 13.4. The third-order valence-electron chi connectivity index (χ3n) is 4.13. The van der Waals surface area contributed by atoms with Crippen molar-refractivity contribution in [3.05, 3.63) is 58.7 Å². The molecule has 0 aliphatic rings. The van der Waals surface area contributed by atoms with Gasteiger partial charge in [0.05, 0.1) is 19.8 Å². The summed E-state index contributed by atoms with van der Waals surface area (Å²) in [6, 6.07) is 12.0. The Labute approximate surface area is 126 Å². The molecule has 2 aromatic carbocycles. The van der Waals surface area contributed by atoms with Crippen molar-refractivity contribution < 1.29 is 9.47 Å². The number of benzene rings is 2. The summed E-state index contributed by atoms with van der Waals surface area (Å²) in [5.41, 5.74) is 10.3. The highest BCUT2D eigenvalue weighted by Crippen LogP contribution is 2.37. The Morgan fingerprint density at radius 2 is 1.52 bits per heavy atom. The second-order valence-electron chi connectivity index (χ2n) is 5.52. The van der Waals surface area contributed by atoms with E-state index in [4.69, 9.17) is 15.2 Å². The van der Waals surface area contributed by atoms with E-state index < -0.39 is 5.54 Å². The van der Waals surface area contributed by atoms with Gasteiger partial charge in [0.2, 0.25) is 0 Å². The summed E-state index contributed by atoms with van der Waals surface area (Å²) in [4.78, 5) is 0. The average Bonchev–Trinajstić information content (AvgIpc) is 2.49. The van der Waals surface area contributed by atoms with Gasteiger partial charge >= 0.3 is 0 Å². The number of ether oxygens (including phenoxy) is 2. The number of hydrogen-bond acceptors (Lipinski definition) is 3. The fraction of sp³-hybridized carbons (Fsp3) is 0.333. The van der Waals surface area contributed by atoms with Crippen LogP contribution in [0.5, 0.6) is 11.5 Å². The van der Waals surface area contributed by atoms with Crippen molar-refractivity contribution in [1.82, 2.24) is 0 Å². The molecule has 112 valence electrons. The van der Waals surface area contributed by atoms with Crippen LogP contribution in [0.1, 0.15) is 29.2 Å². The summed E-state index contributed by atoms with van der Waals surface area (Å²) in [7, 11) is 3.35. The third kappa shape index (κ3) is 2.74. The zero-order chi connectivity index (χ0) is 15.6. The fourth-order valence-electron chi connectivity index (χ4n) is 2.55. The normalized spacial score (nSPS) is 13.6. The Bertz CT molecular complexity index is 630. The molecule has 2 aromatic rings. The van der Waals surface area contributed by atoms with Crippen molar-refractivity contribution in [3.63, 3.8) is 0 Å². The highest BCUT2D eigenvalue weighted by molar-refractivity contribution is 5.52. The Morgan fingerprint density at radius 3 is 2.05 bits per heavy atom. The maximum atomic E-state index is 6.63. The van der Waals surface area contributed by atoms with E-state index in [9.17, 15) is 0 Å². The molecule has 0 heterocycles. The molecule has 2 N–H and O–H groups in total. The van der Waals surface area contributed by atoms with Gasteiger partial charge in [0, 0.05) is 5.56 Å². The van der Waals surface area contributed by atoms with Gasteiger partial charge in [0.1, 0.15) is 11.5 Å². The monoisotopic (exact) mass is 285 g/mol. The summed E-state index contributed by atoms with van der Waals surface area (Å²) in [6.45, 7) is 6.13. The van der Waals surface area contributed by atoms with E-state index in [0.29, 0.717) is 0 Å². The molecule has 0 aliphatic heterocycles. The van der Waals surface area contributed by atoms with E-state index in [2.05, 4.69) is 19.9 Å². The second-order valence-corrected chi connectivity index (χ2v) is 5.52. The van der Waals surface area contributed by atoms with Gasteiger partial charge in [-0.1, -0.05) is 24.3 Å². The van der Waals surface area contributed by atoms with Crippen molar-refractivity contribution in [2.45, 2.75) is 26.3 Å². The number of aryl methyl sites for hydroxylation is 1. The Hall–Kier alpha value is -2.00. The standard InChI is InChI=1S/C18H23NO2/c1-12-6-11-16(17(21-5)13(12)2)18(3,19)14-7-9-15(20-4)10-8-14/h6-11H,19H2,1-5H3. The molecular formula is C18H23NO2. The molecule has 0 radical (unpaired) electrons. The van der Waals surface area contributed by atoms with Crippen molar-refractivity contribution in [2.75, 3.05) is 14.2 Å². The molecule has 2 rings (SSSR count). The average molecular weight is 285 g/mol. The second kappa shape index (κ2) is 5.78. The van der Waals surface area contributed by atoms with Crippen LogP contribution in [0.2, 0.25) is 0 Å². The van der Waals surface area contributed by atoms with Crippen molar-refractivity contribution in [3.8, 4) is 11.5 Å². The lowest BCUT2D eigenvalue weighted by molar-refractivity contribution is 0.395. The van der Waals surface area contributed by atoms with Gasteiger partial charge in [0.15, 0.2) is 0 Å². The summed E-state index contributed by atoms with van der Waals surface area (Å²) in [6.07, 6.45) is 0. The summed E-state index contributed by atoms with van der Waals surface area (Å²) in [5, 5.41) is 0. The molecule has 1 unspecified atom stereocenters. The number of nitrogens with two attached hydrogens (primary N) is 1. The first-order valence-electron chi connectivity index (χ1n) is 7.00. The first-order valence-corrected chi connectivity index (χ1v) is 7.00. The van der Waals surface area contributed by atoms with E-state index in [0.717, 1.165) is 28.2 Å². The summed E-state index contributed by atoms with van der Waals surface area (Å²) >= 11 is 0. The van der Waals surface area contributed by atoms with E-state index in [1.807, 2.05) is 37.3 Å². The Balaban J connectivity index is 2.54. The lowest BCUT2D eigenvalue weighted by atomic mass is 9.83. The Kier molecular flexibility index (Phi) is 4.24. The van der Waals surface area contributed by atoms with Gasteiger partial charge in [0.25, 0.3) is 0 Å². The molecule has 0 saturated heterocycles.